The Kier molecular flexibility index (Phi) is 2.83. The van der Waals surface area contributed by atoms with Gasteiger partial charge in [-0.2, -0.15) is 10.4 Å². The van der Waals surface area contributed by atoms with Crippen LogP contribution in [-0.4, -0.2) is 17.3 Å². The first-order valence-electron chi connectivity index (χ1n) is 4.90. The molecule has 1 aromatic heterocycles. The average Bonchev–Trinajstić information content (AvgIpc) is 2.70. The average molecular weight is 229 g/mol. The van der Waals surface area contributed by atoms with Gasteiger partial charge in [-0.05, 0) is 12.1 Å². The molecule has 4 N–H and O–H groups in total. The number of rotatable bonds is 3. The third-order valence-electron chi connectivity index (χ3n) is 2.27. The van der Waals surface area contributed by atoms with Crippen LogP contribution in [0, 0.1) is 11.3 Å². The zero-order valence-electron chi connectivity index (χ0n) is 9.19. The van der Waals surface area contributed by atoms with Gasteiger partial charge in [0, 0.05) is 0 Å². The van der Waals surface area contributed by atoms with Gasteiger partial charge in [0.05, 0.1) is 12.8 Å². The molecular formula is C11H11N5O. The number of H-pyrrole nitrogens is 1. The molecule has 1 heterocycles. The third-order valence-corrected chi connectivity index (χ3v) is 2.27. The fraction of sp³-hybridized carbons (Fsp3) is 0.0909. The Morgan fingerprint density at radius 1 is 1.47 bits per heavy atom. The second kappa shape index (κ2) is 4.45. The van der Waals surface area contributed by atoms with Crippen molar-refractivity contribution in [2.24, 2.45) is 0 Å². The molecule has 6 nitrogen and oxygen atoms in total. The number of anilines is 3. The normalized spacial score (nSPS) is 9.65. The number of ether oxygens (including phenoxy) is 1. The summed E-state index contributed by atoms with van der Waals surface area (Å²) in [4.78, 5) is 0. The highest BCUT2D eigenvalue weighted by Gasteiger charge is 2.12. The largest absolute Gasteiger partial charge is 0.495 e. The molecule has 0 aliphatic heterocycles. The highest BCUT2D eigenvalue weighted by atomic mass is 16.5. The standard InChI is InChI=1S/C11H11N5O/c1-17-9-5-3-2-4-8(9)14-11-7(6-12)10(13)15-16-11/h2-5H,1H3,(H4,13,14,15,16). The number of nitrogen functional groups attached to an aromatic ring is 1. The second-order valence-corrected chi connectivity index (χ2v) is 3.30. The van der Waals surface area contributed by atoms with Crippen LogP contribution in [0.1, 0.15) is 5.56 Å². The van der Waals surface area contributed by atoms with E-state index in [4.69, 9.17) is 15.7 Å². The van der Waals surface area contributed by atoms with Gasteiger partial charge in [-0.15, -0.1) is 0 Å². The van der Waals surface area contributed by atoms with Crippen LogP contribution in [0.3, 0.4) is 0 Å². The number of hydrogen-bond acceptors (Lipinski definition) is 5. The minimum atomic E-state index is 0.241. The van der Waals surface area contributed by atoms with Crippen LogP contribution in [-0.2, 0) is 0 Å². The van der Waals surface area contributed by atoms with Crippen molar-refractivity contribution in [1.82, 2.24) is 10.2 Å². The zero-order valence-corrected chi connectivity index (χ0v) is 9.19. The molecule has 2 aromatic rings. The number of nitrogens with one attached hydrogen (secondary N) is 2. The molecule has 0 amide bonds. The molecule has 0 radical (unpaired) electrons. The molecule has 6 heteroatoms. The first kappa shape index (κ1) is 10.8. The van der Waals surface area contributed by atoms with Crippen molar-refractivity contribution in [3.05, 3.63) is 29.8 Å². The lowest BCUT2D eigenvalue weighted by atomic mass is 10.2. The number of methoxy groups -OCH3 is 1. The van der Waals surface area contributed by atoms with E-state index in [-0.39, 0.29) is 11.4 Å². The van der Waals surface area contributed by atoms with Crippen LogP contribution < -0.4 is 15.8 Å². The number of aromatic amines is 1. The van der Waals surface area contributed by atoms with Crippen molar-refractivity contribution in [3.63, 3.8) is 0 Å². The van der Waals surface area contributed by atoms with E-state index in [2.05, 4.69) is 15.5 Å². The number of para-hydroxylation sites is 2. The molecule has 1 aromatic carbocycles. The fourth-order valence-corrected chi connectivity index (χ4v) is 1.43. The van der Waals surface area contributed by atoms with Crippen molar-refractivity contribution in [3.8, 4) is 11.8 Å². The van der Waals surface area contributed by atoms with Crippen molar-refractivity contribution < 1.29 is 4.74 Å². The maximum Gasteiger partial charge on any atom is 0.172 e. The summed E-state index contributed by atoms with van der Waals surface area (Å²) in [6.45, 7) is 0. The molecule has 0 fully saturated rings. The summed E-state index contributed by atoms with van der Waals surface area (Å²) < 4.78 is 5.18. The molecule has 0 atom stereocenters. The molecule has 0 saturated carbocycles. The highest BCUT2D eigenvalue weighted by Crippen LogP contribution is 2.28. The van der Waals surface area contributed by atoms with Gasteiger partial charge >= 0.3 is 0 Å². The summed E-state index contributed by atoms with van der Waals surface area (Å²) in [7, 11) is 1.57. The van der Waals surface area contributed by atoms with E-state index in [1.807, 2.05) is 30.3 Å². The second-order valence-electron chi connectivity index (χ2n) is 3.30. The smallest absolute Gasteiger partial charge is 0.172 e. The van der Waals surface area contributed by atoms with Crippen molar-refractivity contribution >= 4 is 17.3 Å². The van der Waals surface area contributed by atoms with Crippen LogP contribution in [0.5, 0.6) is 5.75 Å². The van der Waals surface area contributed by atoms with E-state index in [1.54, 1.807) is 7.11 Å². The van der Waals surface area contributed by atoms with Crippen LogP contribution >= 0.6 is 0 Å². The van der Waals surface area contributed by atoms with E-state index < -0.39 is 0 Å². The Morgan fingerprint density at radius 2 is 2.24 bits per heavy atom. The quantitative estimate of drug-likeness (QED) is 0.742. The predicted octanol–water partition coefficient (Wildman–Crippen LogP) is 1.62. The number of nitrogens with two attached hydrogens (primary N) is 1. The lowest BCUT2D eigenvalue weighted by Crippen LogP contribution is -1.96. The summed E-state index contributed by atoms with van der Waals surface area (Å²) in [6, 6.07) is 9.32. The third kappa shape index (κ3) is 1.99. The number of nitrogens with zero attached hydrogens (tertiary/aromatic N) is 2. The maximum absolute atomic E-state index is 8.93. The van der Waals surface area contributed by atoms with E-state index in [0.717, 1.165) is 5.69 Å². The van der Waals surface area contributed by atoms with E-state index in [1.165, 1.54) is 0 Å². The lowest BCUT2D eigenvalue weighted by Gasteiger charge is -2.08. The summed E-state index contributed by atoms with van der Waals surface area (Å²) in [5, 5.41) is 18.4. The van der Waals surface area contributed by atoms with Gasteiger partial charge in [0.15, 0.2) is 5.82 Å². The van der Waals surface area contributed by atoms with Gasteiger partial charge in [0.2, 0.25) is 0 Å². The van der Waals surface area contributed by atoms with Crippen molar-refractivity contribution in [2.75, 3.05) is 18.2 Å². The molecule has 0 bridgehead atoms. The summed E-state index contributed by atoms with van der Waals surface area (Å²) in [5.74, 6) is 1.29. The highest BCUT2D eigenvalue weighted by molar-refractivity contribution is 5.71. The molecule has 0 aliphatic carbocycles. The SMILES string of the molecule is COc1ccccc1Nc1n[nH]c(N)c1C#N. The topological polar surface area (TPSA) is 99.8 Å². The van der Waals surface area contributed by atoms with Crippen molar-refractivity contribution in [2.45, 2.75) is 0 Å². The first-order chi connectivity index (χ1) is 8.26. The zero-order chi connectivity index (χ0) is 12.3. The maximum atomic E-state index is 8.93. The van der Waals surface area contributed by atoms with Gasteiger partial charge in [0.25, 0.3) is 0 Å². The lowest BCUT2D eigenvalue weighted by molar-refractivity contribution is 0.417. The molecule has 17 heavy (non-hydrogen) atoms. The van der Waals surface area contributed by atoms with Gasteiger partial charge in [-0.1, -0.05) is 12.1 Å². The minimum Gasteiger partial charge on any atom is -0.495 e. The van der Waals surface area contributed by atoms with E-state index in [9.17, 15) is 0 Å². The summed E-state index contributed by atoms with van der Waals surface area (Å²) in [6.07, 6.45) is 0. The van der Waals surface area contributed by atoms with Gasteiger partial charge < -0.3 is 15.8 Å². The Bertz CT molecular complexity index is 569. The fourth-order valence-electron chi connectivity index (χ4n) is 1.43. The van der Waals surface area contributed by atoms with Gasteiger partial charge in [-0.25, -0.2) is 0 Å². The first-order valence-corrected chi connectivity index (χ1v) is 4.90. The van der Waals surface area contributed by atoms with Gasteiger partial charge in [0.1, 0.15) is 23.2 Å². The molecule has 0 aliphatic rings. The molecule has 86 valence electrons. The van der Waals surface area contributed by atoms with Gasteiger partial charge in [-0.3, -0.25) is 5.10 Å². The Morgan fingerprint density at radius 3 is 2.94 bits per heavy atom. The van der Waals surface area contributed by atoms with Crippen LogP contribution in [0.2, 0.25) is 0 Å². The molecule has 0 unspecified atom stereocenters. The minimum absolute atomic E-state index is 0.241. The molecular weight excluding hydrogens is 218 g/mol. The molecule has 0 spiro atoms. The number of hydrogen-bond donors (Lipinski definition) is 3. The van der Waals surface area contributed by atoms with Crippen LogP contribution in [0.4, 0.5) is 17.3 Å². The Hall–Kier alpha value is -2.68. The van der Waals surface area contributed by atoms with Crippen LogP contribution in [0.15, 0.2) is 24.3 Å². The van der Waals surface area contributed by atoms with E-state index in [0.29, 0.717) is 11.6 Å². The number of nitriles is 1. The predicted molar refractivity (Wildman–Crippen MR) is 64.0 cm³/mol. The summed E-state index contributed by atoms with van der Waals surface area (Å²) >= 11 is 0. The Balaban J connectivity index is 2.35. The molecule has 2 rings (SSSR count). The number of aromatic nitrogens is 2. The number of benzene rings is 1. The monoisotopic (exact) mass is 229 g/mol. The Labute approximate surface area is 98.0 Å². The van der Waals surface area contributed by atoms with Crippen molar-refractivity contribution in [1.29, 1.82) is 5.26 Å². The molecule has 0 saturated heterocycles. The van der Waals surface area contributed by atoms with E-state index >= 15 is 0 Å². The van der Waals surface area contributed by atoms with Crippen LogP contribution in [0.25, 0.3) is 0 Å². The summed E-state index contributed by atoms with van der Waals surface area (Å²) in [5.41, 5.74) is 6.57.